The average molecular weight is 340 g/mol. The number of rotatable bonds is 7. The van der Waals surface area contributed by atoms with E-state index in [4.69, 9.17) is 0 Å². The minimum absolute atomic E-state index is 0. The van der Waals surface area contributed by atoms with Gasteiger partial charge in [-0.05, 0) is 63.8 Å². The molecule has 1 aliphatic carbocycles. The minimum atomic E-state index is 0. The van der Waals surface area contributed by atoms with Crippen molar-refractivity contribution in [1.82, 2.24) is 15.5 Å². The van der Waals surface area contributed by atoms with Crippen molar-refractivity contribution in [3.05, 3.63) is 0 Å². The number of carbonyl (C=O) groups excluding carboxylic acids is 1. The highest BCUT2D eigenvalue weighted by atomic mass is 35.5. The molecule has 2 rings (SSSR count). The molecule has 2 aliphatic rings. The standard InChI is InChI=1S/C15H29N3O.2ClH/c1-3-18(4-2)11-5-8-17-14(19)13-12-15(13)6-9-16-10-7-15;;/h13,16H,3-12H2,1-2H3,(H,17,19);2*1H. The Balaban J connectivity index is 0.00000200. The van der Waals surface area contributed by atoms with Gasteiger partial charge in [0.1, 0.15) is 0 Å². The van der Waals surface area contributed by atoms with Gasteiger partial charge in [-0.2, -0.15) is 0 Å². The quantitative estimate of drug-likeness (QED) is 0.698. The fourth-order valence-electron chi connectivity index (χ4n) is 3.37. The van der Waals surface area contributed by atoms with E-state index >= 15 is 0 Å². The molecular weight excluding hydrogens is 309 g/mol. The highest BCUT2D eigenvalue weighted by Crippen LogP contribution is 2.58. The zero-order valence-electron chi connectivity index (χ0n) is 13.3. The van der Waals surface area contributed by atoms with E-state index in [-0.39, 0.29) is 24.8 Å². The van der Waals surface area contributed by atoms with Gasteiger partial charge in [-0.15, -0.1) is 24.8 Å². The van der Waals surface area contributed by atoms with E-state index in [0.717, 1.165) is 52.1 Å². The first-order chi connectivity index (χ1) is 9.22. The molecular formula is C15H31Cl2N3O. The molecule has 4 nitrogen and oxygen atoms in total. The lowest BCUT2D eigenvalue weighted by Gasteiger charge is -2.23. The van der Waals surface area contributed by atoms with Crippen LogP contribution in [-0.2, 0) is 4.79 Å². The molecule has 6 heteroatoms. The number of nitrogens with zero attached hydrogens (tertiary/aromatic N) is 1. The summed E-state index contributed by atoms with van der Waals surface area (Å²) in [6, 6.07) is 0. The van der Waals surface area contributed by atoms with Gasteiger partial charge in [0, 0.05) is 12.5 Å². The minimum Gasteiger partial charge on any atom is -0.356 e. The fraction of sp³-hybridized carbons (Fsp3) is 0.933. The molecule has 0 aromatic carbocycles. The summed E-state index contributed by atoms with van der Waals surface area (Å²) in [6.07, 6.45) is 4.56. The van der Waals surface area contributed by atoms with E-state index in [9.17, 15) is 4.79 Å². The Morgan fingerprint density at radius 3 is 2.43 bits per heavy atom. The molecule has 0 bridgehead atoms. The molecule has 21 heavy (non-hydrogen) atoms. The van der Waals surface area contributed by atoms with Gasteiger partial charge in [0.15, 0.2) is 0 Å². The first-order valence-corrected chi connectivity index (χ1v) is 7.92. The fourth-order valence-corrected chi connectivity index (χ4v) is 3.37. The first kappa shape index (κ1) is 21.0. The van der Waals surface area contributed by atoms with E-state index in [0.29, 0.717) is 17.2 Å². The lowest BCUT2D eigenvalue weighted by atomic mass is 9.92. The van der Waals surface area contributed by atoms with Crippen LogP contribution in [0.1, 0.15) is 39.5 Å². The maximum Gasteiger partial charge on any atom is 0.223 e. The molecule has 126 valence electrons. The van der Waals surface area contributed by atoms with E-state index < -0.39 is 0 Å². The van der Waals surface area contributed by atoms with Crippen LogP contribution in [0.2, 0.25) is 0 Å². The molecule has 1 unspecified atom stereocenters. The summed E-state index contributed by atoms with van der Waals surface area (Å²) >= 11 is 0. The van der Waals surface area contributed by atoms with Crippen LogP contribution in [0, 0.1) is 11.3 Å². The number of amides is 1. The van der Waals surface area contributed by atoms with Gasteiger partial charge in [0.05, 0.1) is 0 Å². The van der Waals surface area contributed by atoms with E-state index in [1.165, 1.54) is 12.8 Å². The van der Waals surface area contributed by atoms with Crippen LogP contribution in [0.15, 0.2) is 0 Å². The smallest absolute Gasteiger partial charge is 0.223 e. The van der Waals surface area contributed by atoms with Crippen molar-refractivity contribution in [3.8, 4) is 0 Å². The van der Waals surface area contributed by atoms with Crippen LogP contribution in [0.4, 0.5) is 0 Å². The third-order valence-corrected chi connectivity index (χ3v) is 4.95. The lowest BCUT2D eigenvalue weighted by molar-refractivity contribution is -0.123. The second-order valence-electron chi connectivity index (χ2n) is 6.04. The molecule has 0 radical (unpaired) electrons. The lowest BCUT2D eigenvalue weighted by Crippen LogP contribution is -2.35. The second kappa shape index (κ2) is 9.88. The molecule has 1 amide bonds. The van der Waals surface area contributed by atoms with Crippen molar-refractivity contribution in [2.75, 3.05) is 39.3 Å². The Bertz CT molecular complexity index is 305. The maximum absolute atomic E-state index is 12.1. The van der Waals surface area contributed by atoms with Crippen LogP contribution < -0.4 is 10.6 Å². The van der Waals surface area contributed by atoms with Crippen LogP contribution in [-0.4, -0.2) is 50.1 Å². The number of hydrogen-bond donors (Lipinski definition) is 2. The van der Waals surface area contributed by atoms with Gasteiger partial charge in [0.2, 0.25) is 5.91 Å². The molecule has 1 heterocycles. The molecule has 1 atom stereocenters. The summed E-state index contributed by atoms with van der Waals surface area (Å²) in [6.45, 7) is 10.7. The molecule has 0 aromatic rings. The molecule has 1 saturated carbocycles. The SMILES string of the molecule is CCN(CC)CCCNC(=O)C1CC12CCNCC2.Cl.Cl. The van der Waals surface area contributed by atoms with Gasteiger partial charge in [-0.3, -0.25) is 4.79 Å². The largest absolute Gasteiger partial charge is 0.356 e. The Kier molecular flexibility index (Phi) is 9.87. The third kappa shape index (κ3) is 5.59. The van der Waals surface area contributed by atoms with Crippen LogP contribution in [0.3, 0.4) is 0 Å². The molecule has 2 fully saturated rings. The zero-order valence-corrected chi connectivity index (χ0v) is 15.0. The monoisotopic (exact) mass is 339 g/mol. The number of hydrogen-bond acceptors (Lipinski definition) is 3. The van der Waals surface area contributed by atoms with Crippen molar-refractivity contribution in [1.29, 1.82) is 0 Å². The van der Waals surface area contributed by atoms with Gasteiger partial charge < -0.3 is 15.5 Å². The second-order valence-corrected chi connectivity index (χ2v) is 6.04. The Hall–Kier alpha value is -0.0300. The summed E-state index contributed by atoms with van der Waals surface area (Å²) in [5.74, 6) is 0.615. The van der Waals surface area contributed by atoms with Crippen molar-refractivity contribution in [2.45, 2.75) is 39.5 Å². The average Bonchev–Trinajstić information content (AvgIpc) is 3.13. The van der Waals surface area contributed by atoms with Gasteiger partial charge in [-0.25, -0.2) is 0 Å². The normalized spacial score (nSPS) is 22.3. The van der Waals surface area contributed by atoms with E-state index in [1.807, 2.05) is 0 Å². The van der Waals surface area contributed by atoms with Gasteiger partial charge in [-0.1, -0.05) is 13.8 Å². The van der Waals surface area contributed by atoms with E-state index in [2.05, 4.69) is 29.4 Å². The predicted octanol–water partition coefficient (Wildman–Crippen LogP) is 2.07. The maximum atomic E-state index is 12.1. The van der Waals surface area contributed by atoms with Crippen LogP contribution >= 0.6 is 24.8 Å². The van der Waals surface area contributed by atoms with Crippen molar-refractivity contribution < 1.29 is 4.79 Å². The molecule has 2 N–H and O–H groups in total. The molecule has 0 aromatic heterocycles. The highest BCUT2D eigenvalue weighted by Gasteiger charge is 2.57. The number of carbonyl (C=O) groups is 1. The third-order valence-electron chi connectivity index (χ3n) is 4.95. The van der Waals surface area contributed by atoms with Crippen LogP contribution in [0.5, 0.6) is 0 Å². The van der Waals surface area contributed by atoms with Gasteiger partial charge >= 0.3 is 0 Å². The predicted molar refractivity (Wildman–Crippen MR) is 92.6 cm³/mol. The van der Waals surface area contributed by atoms with Crippen molar-refractivity contribution >= 4 is 30.7 Å². The Morgan fingerprint density at radius 2 is 1.86 bits per heavy atom. The summed E-state index contributed by atoms with van der Waals surface area (Å²) in [4.78, 5) is 14.5. The first-order valence-electron chi connectivity index (χ1n) is 7.92. The molecule has 1 spiro atoms. The summed E-state index contributed by atoms with van der Waals surface area (Å²) < 4.78 is 0. The molecule has 1 aliphatic heterocycles. The van der Waals surface area contributed by atoms with E-state index in [1.54, 1.807) is 0 Å². The zero-order chi connectivity index (χ0) is 13.7. The summed E-state index contributed by atoms with van der Waals surface area (Å²) in [5.41, 5.74) is 0.369. The number of nitrogens with one attached hydrogen (secondary N) is 2. The van der Waals surface area contributed by atoms with Gasteiger partial charge in [0.25, 0.3) is 0 Å². The van der Waals surface area contributed by atoms with Crippen molar-refractivity contribution in [3.63, 3.8) is 0 Å². The Labute approximate surface area is 141 Å². The number of piperidine rings is 1. The summed E-state index contributed by atoms with van der Waals surface area (Å²) in [5, 5.41) is 6.51. The van der Waals surface area contributed by atoms with Crippen molar-refractivity contribution in [2.24, 2.45) is 11.3 Å². The van der Waals surface area contributed by atoms with Crippen LogP contribution in [0.25, 0.3) is 0 Å². The molecule has 1 saturated heterocycles. The highest BCUT2D eigenvalue weighted by molar-refractivity contribution is 5.85. The Morgan fingerprint density at radius 1 is 1.24 bits per heavy atom. The topological polar surface area (TPSA) is 44.4 Å². The summed E-state index contributed by atoms with van der Waals surface area (Å²) in [7, 11) is 0. The number of halogens is 2.